The quantitative estimate of drug-likeness (QED) is 0.557. The summed E-state index contributed by atoms with van der Waals surface area (Å²) in [6, 6.07) is 0. The summed E-state index contributed by atoms with van der Waals surface area (Å²) in [5, 5.41) is 0. The Balaban J connectivity index is 0. The lowest BCUT2D eigenvalue weighted by Crippen LogP contribution is -2.02. The zero-order valence-electron chi connectivity index (χ0n) is 5.09. The summed E-state index contributed by atoms with van der Waals surface area (Å²) in [6.07, 6.45) is 3.62. The second kappa shape index (κ2) is 7.46. The summed E-state index contributed by atoms with van der Waals surface area (Å²) in [7, 11) is 1.25. The molecule has 1 aliphatic rings. The van der Waals surface area contributed by atoms with Gasteiger partial charge in [-0.15, -0.1) is 0 Å². The predicted molar refractivity (Wildman–Crippen MR) is 47.4 cm³/mol. The molecule has 1 unspecified atom stereocenters. The van der Waals surface area contributed by atoms with E-state index >= 15 is 0 Å². The van der Waals surface area contributed by atoms with E-state index in [0.29, 0.717) is 0 Å². The fourth-order valence-electron chi connectivity index (χ4n) is 0.718. The molecule has 1 heterocycles. The van der Waals surface area contributed by atoms with Crippen LogP contribution in [0.25, 0.3) is 0 Å². The van der Waals surface area contributed by atoms with Gasteiger partial charge in [0.15, 0.2) is 8.38 Å². The van der Waals surface area contributed by atoms with Gasteiger partial charge in [-0.25, -0.2) is 0 Å². The summed E-state index contributed by atoms with van der Waals surface area (Å²) >= 11 is 0. The van der Waals surface area contributed by atoms with Gasteiger partial charge in [0.1, 0.15) is 0 Å². The minimum Gasteiger partial charge on any atom is -0.337 e. The highest BCUT2D eigenvalue weighted by atomic mass is 31.2. The van der Waals surface area contributed by atoms with E-state index in [9.17, 15) is 0 Å². The van der Waals surface area contributed by atoms with Gasteiger partial charge in [0.2, 0.25) is 0 Å². The van der Waals surface area contributed by atoms with E-state index in [1.807, 2.05) is 0 Å². The van der Waals surface area contributed by atoms with E-state index in [1.165, 1.54) is 12.8 Å². The molecule has 2 nitrogen and oxygen atoms in total. The van der Waals surface area contributed by atoms with Crippen LogP contribution in [0.1, 0.15) is 27.7 Å². The monoisotopic (exact) mass is 166 g/mol. The van der Waals surface area contributed by atoms with Gasteiger partial charge in [-0.1, -0.05) is 14.9 Å². The second-order valence-electron chi connectivity index (χ2n) is 1.78. The molecular weight excluding hydrogens is 147 g/mol. The molecule has 0 bridgehead atoms. The van der Waals surface area contributed by atoms with Gasteiger partial charge in [-0.3, -0.25) is 0 Å². The van der Waals surface area contributed by atoms with Gasteiger partial charge in [-0.2, -0.15) is 0 Å². The third-order valence-electron chi connectivity index (χ3n) is 1.17. The van der Waals surface area contributed by atoms with Crippen LogP contribution in [0.15, 0.2) is 0 Å². The minimum atomic E-state index is -0.470. The molecule has 0 aromatic rings. The van der Waals surface area contributed by atoms with Crippen molar-refractivity contribution in [3.8, 4) is 0 Å². The van der Waals surface area contributed by atoms with Crippen LogP contribution in [0.5, 0.6) is 0 Å². The van der Waals surface area contributed by atoms with Crippen LogP contribution in [-0.2, 0) is 9.05 Å². The minimum absolute atomic E-state index is 0. The third kappa shape index (κ3) is 4.21. The molecule has 0 aromatic carbocycles. The molecule has 1 rings (SSSR count). The topological polar surface area (TPSA) is 18.5 Å². The summed E-state index contributed by atoms with van der Waals surface area (Å²) in [6.45, 7) is 0.902. The highest BCUT2D eigenvalue weighted by molar-refractivity contribution is 7.47. The van der Waals surface area contributed by atoms with Crippen LogP contribution < -0.4 is 0 Å². The third-order valence-corrected chi connectivity index (χ3v) is 2.73. The Morgan fingerprint density at radius 3 is 2.30 bits per heavy atom. The largest absolute Gasteiger partial charge is 0.337 e. The standard InChI is InChI=1S/C5H11O2P.2CH4/c1-6-8-5-3-2-4-7-8;;/h2-5H2,1H3;2*1H4. The van der Waals surface area contributed by atoms with Crippen molar-refractivity contribution in [2.45, 2.75) is 27.7 Å². The Morgan fingerprint density at radius 2 is 2.00 bits per heavy atom. The molecule has 0 spiro atoms. The van der Waals surface area contributed by atoms with Crippen LogP contribution in [0, 0.1) is 0 Å². The maximum absolute atomic E-state index is 5.27. The SMILES string of the molecule is C.C.COP1CCCCO1. The van der Waals surface area contributed by atoms with E-state index in [2.05, 4.69) is 0 Å². The van der Waals surface area contributed by atoms with Gasteiger partial charge in [0, 0.05) is 13.3 Å². The van der Waals surface area contributed by atoms with Gasteiger partial charge >= 0.3 is 0 Å². The Hall–Kier alpha value is 0.350. The van der Waals surface area contributed by atoms with Crippen LogP contribution in [0.2, 0.25) is 0 Å². The first-order valence-corrected chi connectivity index (χ1v) is 4.24. The zero-order valence-corrected chi connectivity index (χ0v) is 5.99. The van der Waals surface area contributed by atoms with E-state index in [0.717, 1.165) is 12.8 Å². The smallest absolute Gasteiger partial charge is 0.170 e. The van der Waals surface area contributed by atoms with Gasteiger partial charge in [0.25, 0.3) is 0 Å². The molecule has 0 aliphatic carbocycles. The van der Waals surface area contributed by atoms with Crippen molar-refractivity contribution in [2.75, 3.05) is 19.9 Å². The first kappa shape index (κ1) is 13.0. The predicted octanol–water partition coefficient (Wildman–Crippen LogP) is 3.03. The molecule has 1 saturated heterocycles. The average molecular weight is 166 g/mol. The van der Waals surface area contributed by atoms with Crippen LogP contribution >= 0.6 is 8.38 Å². The van der Waals surface area contributed by atoms with Crippen molar-refractivity contribution < 1.29 is 9.05 Å². The van der Waals surface area contributed by atoms with Gasteiger partial charge < -0.3 is 9.05 Å². The first-order chi connectivity index (χ1) is 3.93. The van der Waals surface area contributed by atoms with Crippen LogP contribution in [-0.4, -0.2) is 19.9 Å². The van der Waals surface area contributed by atoms with Gasteiger partial charge in [-0.05, 0) is 12.8 Å². The Bertz CT molecular complexity index is 62.6. The van der Waals surface area contributed by atoms with Crippen molar-refractivity contribution in [1.82, 2.24) is 0 Å². The number of rotatable bonds is 1. The molecule has 1 fully saturated rings. The maximum Gasteiger partial charge on any atom is 0.170 e. The Labute approximate surface area is 65.8 Å². The molecule has 0 aromatic heterocycles. The number of hydrogen-bond acceptors (Lipinski definition) is 2. The number of hydrogen-bond donors (Lipinski definition) is 0. The van der Waals surface area contributed by atoms with E-state index < -0.39 is 8.38 Å². The fourth-order valence-corrected chi connectivity index (χ4v) is 1.95. The normalized spacial score (nSPS) is 24.3. The van der Waals surface area contributed by atoms with Crippen LogP contribution in [0.3, 0.4) is 0 Å². The van der Waals surface area contributed by atoms with Crippen LogP contribution in [0.4, 0.5) is 0 Å². The maximum atomic E-state index is 5.27. The second-order valence-corrected chi connectivity index (χ2v) is 3.52. The van der Waals surface area contributed by atoms with Crippen molar-refractivity contribution in [3.05, 3.63) is 0 Å². The summed E-state index contributed by atoms with van der Waals surface area (Å²) in [5.74, 6) is 0. The highest BCUT2D eigenvalue weighted by Crippen LogP contribution is 2.40. The molecule has 1 atom stereocenters. The van der Waals surface area contributed by atoms with Crippen molar-refractivity contribution in [2.24, 2.45) is 0 Å². The molecule has 10 heavy (non-hydrogen) atoms. The molecule has 0 saturated carbocycles. The molecule has 0 amide bonds. The van der Waals surface area contributed by atoms with Crippen molar-refractivity contribution in [1.29, 1.82) is 0 Å². The molecule has 1 aliphatic heterocycles. The summed E-state index contributed by atoms with van der Waals surface area (Å²) < 4.78 is 10.3. The molecule has 0 N–H and O–H groups in total. The fraction of sp³-hybridized carbons (Fsp3) is 1.00. The molecule has 0 radical (unpaired) electrons. The lowest BCUT2D eigenvalue weighted by atomic mass is 10.4. The highest BCUT2D eigenvalue weighted by Gasteiger charge is 2.11. The average Bonchev–Trinajstić information content (AvgIpc) is 1.90. The lowest BCUT2D eigenvalue weighted by molar-refractivity contribution is 0.260. The Morgan fingerprint density at radius 1 is 1.30 bits per heavy atom. The summed E-state index contributed by atoms with van der Waals surface area (Å²) in [5.41, 5.74) is 0. The van der Waals surface area contributed by atoms with E-state index in [4.69, 9.17) is 9.05 Å². The Kier molecular flexibility index (Phi) is 9.68. The lowest BCUT2D eigenvalue weighted by Gasteiger charge is -2.18. The van der Waals surface area contributed by atoms with E-state index in [-0.39, 0.29) is 14.9 Å². The first-order valence-electron chi connectivity index (χ1n) is 2.88. The summed E-state index contributed by atoms with van der Waals surface area (Å²) in [4.78, 5) is 0. The molecule has 64 valence electrons. The zero-order chi connectivity index (χ0) is 5.82. The van der Waals surface area contributed by atoms with E-state index in [1.54, 1.807) is 7.11 Å². The van der Waals surface area contributed by atoms with Crippen molar-refractivity contribution in [3.63, 3.8) is 0 Å². The van der Waals surface area contributed by atoms with Gasteiger partial charge in [0.05, 0.1) is 6.61 Å². The molecule has 3 heteroatoms. The molecular formula is C7H19O2P. The van der Waals surface area contributed by atoms with Crippen molar-refractivity contribution >= 4 is 8.38 Å².